The molecule has 6 nitrogen and oxygen atoms in total. The molecular formula is C18H23FN4O2. The number of methoxy groups -OCH3 is 1. The molecule has 2 atom stereocenters. The summed E-state index contributed by atoms with van der Waals surface area (Å²) < 4.78 is 20.0. The monoisotopic (exact) mass is 346 g/mol. The van der Waals surface area contributed by atoms with E-state index in [1.807, 2.05) is 24.2 Å². The number of likely N-dealkylation sites (tertiary alicyclic amines) is 1. The molecule has 7 heteroatoms. The first-order valence-electron chi connectivity index (χ1n) is 8.38. The molecule has 2 aromatic rings. The van der Waals surface area contributed by atoms with Crippen molar-refractivity contribution in [2.24, 2.45) is 0 Å². The number of nitrogens with one attached hydrogen (secondary N) is 1. The van der Waals surface area contributed by atoms with Crippen molar-refractivity contribution >= 4 is 5.91 Å². The Kier molecular flexibility index (Phi) is 5.45. The predicted octanol–water partition coefficient (Wildman–Crippen LogP) is 1.39. The average Bonchev–Trinajstić information content (AvgIpc) is 3.22. The summed E-state index contributed by atoms with van der Waals surface area (Å²) in [6.45, 7) is 1.30. The number of amides is 1. The molecule has 0 bridgehead atoms. The van der Waals surface area contributed by atoms with Crippen molar-refractivity contribution in [2.45, 2.75) is 25.0 Å². The molecule has 0 aliphatic carbocycles. The molecule has 3 rings (SSSR count). The summed E-state index contributed by atoms with van der Waals surface area (Å²) >= 11 is 0. The van der Waals surface area contributed by atoms with E-state index in [0.29, 0.717) is 13.0 Å². The maximum Gasteiger partial charge on any atom is 0.237 e. The molecule has 1 amide bonds. The van der Waals surface area contributed by atoms with E-state index in [-0.39, 0.29) is 23.9 Å². The Labute approximate surface area is 146 Å². The standard InChI is InChI=1S/C18H23FN4O2/c1-22-12-16(25-2)11-17(22)18(24)20-9-7-14-8-10-23(21-14)15-5-3-13(19)4-6-15/h3-6,8,10,16-17H,7,9,11-12H2,1-2H3,(H,20,24)/t16-,17-/m0/s1. The lowest BCUT2D eigenvalue weighted by molar-refractivity contribution is -0.125. The lowest BCUT2D eigenvalue weighted by Crippen LogP contribution is -2.42. The fourth-order valence-corrected chi connectivity index (χ4v) is 3.09. The molecule has 1 saturated heterocycles. The highest BCUT2D eigenvalue weighted by Gasteiger charge is 2.34. The van der Waals surface area contributed by atoms with E-state index < -0.39 is 0 Å². The topological polar surface area (TPSA) is 59.4 Å². The second-order valence-corrected chi connectivity index (χ2v) is 6.32. The van der Waals surface area contributed by atoms with Gasteiger partial charge in [0.15, 0.2) is 0 Å². The van der Waals surface area contributed by atoms with Crippen LogP contribution in [0.2, 0.25) is 0 Å². The van der Waals surface area contributed by atoms with Crippen molar-refractivity contribution in [3.05, 3.63) is 48.0 Å². The number of carbonyl (C=O) groups excluding carboxylic acids is 1. The Hall–Kier alpha value is -2.25. The second kappa shape index (κ2) is 7.76. The van der Waals surface area contributed by atoms with E-state index in [1.165, 1.54) is 12.1 Å². The van der Waals surface area contributed by atoms with Crippen molar-refractivity contribution in [1.82, 2.24) is 20.0 Å². The molecule has 25 heavy (non-hydrogen) atoms. The first kappa shape index (κ1) is 17.6. The van der Waals surface area contributed by atoms with Crippen LogP contribution >= 0.6 is 0 Å². The summed E-state index contributed by atoms with van der Waals surface area (Å²) in [5.74, 6) is -0.244. The molecule has 1 aliphatic rings. The van der Waals surface area contributed by atoms with E-state index in [1.54, 1.807) is 23.9 Å². The van der Waals surface area contributed by atoms with Gasteiger partial charge in [0, 0.05) is 32.8 Å². The van der Waals surface area contributed by atoms with Crippen molar-refractivity contribution in [3.63, 3.8) is 0 Å². The van der Waals surface area contributed by atoms with Crippen LogP contribution in [0.25, 0.3) is 5.69 Å². The normalized spacial score (nSPS) is 20.8. The highest BCUT2D eigenvalue weighted by atomic mass is 19.1. The summed E-state index contributed by atoms with van der Waals surface area (Å²) in [7, 11) is 3.61. The summed E-state index contributed by atoms with van der Waals surface area (Å²) in [5.41, 5.74) is 1.68. The number of hydrogen-bond donors (Lipinski definition) is 1. The predicted molar refractivity (Wildman–Crippen MR) is 92.1 cm³/mol. The van der Waals surface area contributed by atoms with Crippen LogP contribution in [0.15, 0.2) is 36.5 Å². The zero-order valence-corrected chi connectivity index (χ0v) is 14.5. The third-order valence-electron chi connectivity index (χ3n) is 4.56. The number of carbonyl (C=O) groups is 1. The number of likely N-dealkylation sites (N-methyl/N-ethyl adjacent to an activating group) is 1. The second-order valence-electron chi connectivity index (χ2n) is 6.32. The summed E-state index contributed by atoms with van der Waals surface area (Å²) in [6, 6.07) is 7.93. The van der Waals surface area contributed by atoms with Gasteiger partial charge < -0.3 is 10.1 Å². The number of nitrogens with zero attached hydrogens (tertiary/aromatic N) is 3. The van der Waals surface area contributed by atoms with Crippen LogP contribution in [0.1, 0.15) is 12.1 Å². The van der Waals surface area contributed by atoms with Crippen LogP contribution in [0.5, 0.6) is 0 Å². The summed E-state index contributed by atoms with van der Waals surface area (Å²) in [6.07, 6.45) is 3.31. The van der Waals surface area contributed by atoms with Gasteiger partial charge >= 0.3 is 0 Å². The van der Waals surface area contributed by atoms with E-state index in [0.717, 1.165) is 24.3 Å². The van der Waals surface area contributed by atoms with E-state index in [9.17, 15) is 9.18 Å². The lowest BCUT2D eigenvalue weighted by atomic mass is 10.2. The van der Waals surface area contributed by atoms with Gasteiger partial charge in [0.2, 0.25) is 5.91 Å². The van der Waals surface area contributed by atoms with Crippen LogP contribution in [0, 0.1) is 5.82 Å². The molecule has 1 aromatic heterocycles. The number of rotatable bonds is 6. The van der Waals surface area contributed by atoms with Gasteiger partial charge in [-0.05, 0) is 43.8 Å². The number of ether oxygens (including phenoxy) is 1. The largest absolute Gasteiger partial charge is 0.380 e. The van der Waals surface area contributed by atoms with Gasteiger partial charge in [0.05, 0.1) is 23.5 Å². The Morgan fingerprint density at radius 3 is 2.80 bits per heavy atom. The fourth-order valence-electron chi connectivity index (χ4n) is 3.09. The first-order chi connectivity index (χ1) is 12.1. The Bertz CT molecular complexity index is 716. The van der Waals surface area contributed by atoms with E-state index >= 15 is 0 Å². The maximum absolute atomic E-state index is 13.0. The molecule has 1 fully saturated rings. The van der Waals surface area contributed by atoms with E-state index in [2.05, 4.69) is 10.4 Å². The van der Waals surface area contributed by atoms with Crippen LogP contribution in [0.4, 0.5) is 4.39 Å². The fraction of sp³-hybridized carbons (Fsp3) is 0.444. The minimum atomic E-state index is -0.272. The zero-order chi connectivity index (χ0) is 17.8. The van der Waals surface area contributed by atoms with Gasteiger partial charge in [-0.3, -0.25) is 9.69 Å². The molecule has 0 radical (unpaired) electrons. The Morgan fingerprint density at radius 1 is 1.36 bits per heavy atom. The van der Waals surface area contributed by atoms with Crippen molar-refractivity contribution in [2.75, 3.05) is 27.2 Å². The summed E-state index contributed by atoms with van der Waals surface area (Å²) in [4.78, 5) is 14.3. The van der Waals surface area contributed by atoms with Gasteiger partial charge in [-0.1, -0.05) is 0 Å². The van der Waals surface area contributed by atoms with Crippen molar-refractivity contribution in [3.8, 4) is 5.69 Å². The Morgan fingerprint density at radius 2 is 2.12 bits per heavy atom. The molecule has 134 valence electrons. The van der Waals surface area contributed by atoms with Crippen LogP contribution in [0.3, 0.4) is 0 Å². The molecule has 1 aliphatic heterocycles. The number of aromatic nitrogens is 2. The lowest BCUT2D eigenvalue weighted by Gasteiger charge is -2.17. The van der Waals surface area contributed by atoms with Crippen LogP contribution in [-0.4, -0.2) is 60.0 Å². The smallest absolute Gasteiger partial charge is 0.237 e. The minimum absolute atomic E-state index is 0.0278. The minimum Gasteiger partial charge on any atom is -0.380 e. The van der Waals surface area contributed by atoms with Gasteiger partial charge in [0.1, 0.15) is 5.82 Å². The SMILES string of the molecule is CO[C@H]1C[C@@H](C(=O)NCCc2ccn(-c3ccc(F)cc3)n2)N(C)C1. The van der Waals surface area contributed by atoms with E-state index in [4.69, 9.17) is 4.74 Å². The molecule has 0 unspecified atom stereocenters. The summed E-state index contributed by atoms with van der Waals surface area (Å²) in [5, 5.41) is 7.43. The average molecular weight is 346 g/mol. The van der Waals surface area contributed by atoms with Gasteiger partial charge in [-0.2, -0.15) is 5.10 Å². The highest BCUT2D eigenvalue weighted by molar-refractivity contribution is 5.82. The number of benzene rings is 1. The van der Waals surface area contributed by atoms with Gasteiger partial charge in [-0.25, -0.2) is 9.07 Å². The first-order valence-corrected chi connectivity index (χ1v) is 8.38. The maximum atomic E-state index is 13.0. The molecule has 1 N–H and O–H groups in total. The van der Waals surface area contributed by atoms with Crippen LogP contribution in [-0.2, 0) is 16.0 Å². The van der Waals surface area contributed by atoms with Crippen molar-refractivity contribution < 1.29 is 13.9 Å². The Balaban J connectivity index is 1.49. The quantitative estimate of drug-likeness (QED) is 0.859. The van der Waals surface area contributed by atoms with Crippen molar-refractivity contribution in [1.29, 1.82) is 0 Å². The third-order valence-corrected chi connectivity index (χ3v) is 4.56. The molecule has 1 aromatic carbocycles. The van der Waals surface area contributed by atoms with Gasteiger partial charge in [-0.15, -0.1) is 0 Å². The van der Waals surface area contributed by atoms with Crippen LogP contribution < -0.4 is 5.32 Å². The molecular weight excluding hydrogens is 323 g/mol. The van der Waals surface area contributed by atoms with Gasteiger partial charge in [0.25, 0.3) is 0 Å². The highest BCUT2D eigenvalue weighted by Crippen LogP contribution is 2.18. The number of hydrogen-bond acceptors (Lipinski definition) is 4. The third kappa shape index (κ3) is 4.24. The zero-order valence-electron chi connectivity index (χ0n) is 14.5. The molecule has 0 spiro atoms. The number of halogens is 1. The molecule has 2 heterocycles. The molecule has 0 saturated carbocycles.